The molecule has 1 aromatic heterocycles. The average Bonchev–Trinajstić information content (AvgIpc) is 2.70. The molecule has 4 heteroatoms. The van der Waals surface area contributed by atoms with Gasteiger partial charge in [-0.2, -0.15) is 0 Å². The third kappa shape index (κ3) is 2.73. The lowest BCUT2D eigenvalue weighted by Gasteiger charge is -2.12. The predicted molar refractivity (Wildman–Crippen MR) is 73.8 cm³/mol. The summed E-state index contributed by atoms with van der Waals surface area (Å²) in [4.78, 5) is 1.25. The Hall–Kier alpha value is -0.190. The second-order valence-corrected chi connectivity index (χ2v) is 6.38. The van der Waals surface area contributed by atoms with Crippen LogP contribution >= 0.6 is 43.2 Å². The van der Waals surface area contributed by atoms with Gasteiger partial charge in [0.1, 0.15) is 5.82 Å². The Balaban J connectivity index is 2.24. The van der Waals surface area contributed by atoms with Crippen molar-refractivity contribution in [3.8, 4) is 0 Å². The highest BCUT2D eigenvalue weighted by molar-refractivity contribution is 9.11. The molecule has 84 valence electrons. The van der Waals surface area contributed by atoms with E-state index in [1.54, 1.807) is 17.4 Å². The van der Waals surface area contributed by atoms with Crippen molar-refractivity contribution < 1.29 is 4.39 Å². The van der Waals surface area contributed by atoms with Gasteiger partial charge in [-0.15, -0.1) is 11.3 Å². The topological polar surface area (TPSA) is 0 Å². The fourth-order valence-corrected chi connectivity index (χ4v) is 4.22. The van der Waals surface area contributed by atoms with E-state index in [1.165, 1.54) is 10.9 Å². The quantitative estimate of drug-likeness (QED) is 0.646. The molecule has 0 bridgehead atoms. The Morgan fingerprint density at radius 2 is 2.06 bits per heavy atom. The van der Waals surface area contributed by atoms with Crippen LogP contribution in [0.4, 0.5) is 4.39 Å². The molecule has 0 saturated carbocycles. The number of thiophene rings is 1. The highest BCUT2D eigenvalue weighted by atomic mass is 79.9. The average molecular weight is 364 g/mol. The molecule has 1 atom stereocenters. The fraction of sp³-hybridized carbons (Fsp3) is 0.167. The molecule has 0 fully saturated rings. The van der Waals surface area contributed by atoms with E-state index in [9.17, 15) is 4.39 Å². The summed E-state index contributed by atoms with van der Waals surface area (Å²) in [5.74, 6) is -0.173. The molecule has 0 nitrogen and oxygen atoms in total. The summed E-state index contributed by atoms with van der Waals surface area (Å²) in [7, 11) is 0. The van der Waals surface area contributed by atoms with Gasteiger partial charge < -0.3 is 0 Å². The SMILES string of the molecule is Fc1cccc(Br)c1C(Br)Cc1cccs1. The van der Waals surface area contributed by atoms with Crippen LogP contribution in [0.3, 0.4) is 0 Å². The second kappa shape index (κ2) is 5.43. The van der Waals surface area contributed by atoms with Crippen molar-refractivity contribution in [1.82, 2.24) is 0 Å². The maximum atomic E-state index is 13.7. The Morgan fingerprint density at radius 1 is 1.25 bits per heavy atom. The first-order valence-corrected chi connectivity index (χ1v) is 7.37. The first-order chi connectivity index (χ1) is 7.68. The Labute approximate surface area is 115 Å². The molecule has 0 saturated heterocycles. The number of benzene rings is 1. The smallest absolute Gasteiger partial charge is 0.128 e. The maximum absolute atomic E-state index is 13.7. The zero-order valence-corrected chi connectivity index (χ0v) is 12.3. The van der Waals surface area contributed by atoms with Gasteiger partial charge >= 0.3 is 0 Å². The van der Waals surface area contributed by atoms with Gasteiger partial charge in [-0.25, -0.2) is 4.39 Å². The van der Waals surface area contributed by atoms with Gasteiger partial charge in [0.25, 0.3) is 0 Å². The molecule has 0 aliphatic rings. The van der Waals surface area contributed by atoms with E-state index >= 15 is 0 Å². The van der Waals surface area contributed by atoms with Crippen LogP contribution in [0.15, 0.2) is 40.2 Å². The Kier molecular flexibility index (Phi) is 4.16. The zero-order valence-electron chi connectivity index (χ0n) is 8.29. The molecular formula is C12H9Br2FS. The van der Waals surface area contributed by atoms with Crippen molar-refractivity contribution in [1.29, 1.82) is 0 Å². The molecule has 2 aromatic rings. The van der Waals surface area contributed by atoms with Crippen molar-refractivity contribution >= 4 is 43.2 Å². The highest BCUT2D eigenvalue weighted by Gasteiger charge is 2.16. The summed E-state index contributed by atoms with van der Waals surface area (Å²) in [6, 6.07) is 9.13. The monoisotopic (exact) mass is 362 g/mol. The molecule has 1 aromatic carbocycles. The minimum Gasteiger partial charge on any atom is -0.207 e. The molecule has 16 heavy (non-hydrogen) atoms. The zero-order chi connectivity index (χ0) is 11.5. The van der Waals surface area contributed by atoms with Gasteiger partial charge in [-0.1, -0.05) is 44.0 Å². The van der Waals surface area contributed by atoms with Crippen LogP contribution in [0.25, 0.3) is 0 Å². The molecule has 1 unspecified atom stereocenters. The summed E-state index contributed by atoms with van der Waals surface area (Å²) < 4.78 is 14.5. The fourth-order valence-electron chi connectivity index (χ4n) is 1.52. The van der Waals surface area contributed by atoms with E-state index in [0.717, 1.165) is 10.9 Å². The van der Waals surface area contributed by atoms with Crippen molar-refractivity contribution in [2.75, 3.05) is 0 Å². The molecular weight excluding hydrogens is 355 g/mol. The minimum atomic E-state index is -0.173. The normalized spacial score (nSPS) is 12.7. The number of halogens is 3. The number of hydrogen-bond donors (Lipinski definition) is 0. The minimum absolute atomic E-state index is 0.00160. The first-order valence-electron chi connectivity index (χ1n) is 4.79. The lowest BCUT2D eigenvalue weighted by atomic mass is 10.1. The van der Waals surface area contributed by atoms with E-state index in [2.05, 4.69) is 37.9 Å². The molecule has 0 radical (unpaired) electrons. The van der Waals surface area contributed by atoms with Crippen molar-refractivity contribution in [2.45, 2.75) is 11.2 Å². The molecule has 2 rings (SSSR count). The van der Waals surface area contributed by atoms with E-state index in [-0.39, 0.29) is 10.6 Å². The maximum Gasteiger partial charge on any atom is 0.128 e. The predicted octanol–water partition coefficient (Wildman–Crippen LogP) is 5.33. The number of hydrogen-bond acceptors (Lipinski definition) is 1. The molecule has 0 aliphatic heterocycles. The lowest BCUT2D eigenvalue weighted by Crippen LogP contribution is -1.98. The van der Waals surface area contributed by atoms with Gasteiger partial charge in [0.05, 0.1) is 0 Å². The number of rotatable bonds is 3. The van der Waals surface area contributed by atoms with Gasteiger partial charge in [0.2, 0.25) is 0 Å². The van der Waals surface area contributed by atoms with Crippen molar-refractivity contribution in [3.63, 3.8) is 0 Å². The van der Waals surface area contributed by atoms with Crippen LogP contribution in [0.5, 0.6) is 0 Å². The van der Waals surface area contributed by atoms with Crippen LogP contribution < -0.4 is 0 Å². The number of alkyl halides is 1. The Morgan fingerprint density at radius 3 is 2.69 bits per heavy atom. The summed E-state index contributed by atoms with van der Waals surface area (Å²) in [6.07, 6.45) is 0.803. The van der Waals surface area contributed by atoms with Crippen LogP contribution in [-0.2, 0) is 6.42 Å². The van der Waals surface area contributed by atoms with E-state index < -0.39 is 0 Å². The van der Waals surface area contributed by atoms with Crippen molar-refractivity contribution in [3.05, 3.63) is 56.4 Å². The summed E-state index contributed by atoms with van der Waals surface area (Å²) in [6.45, 7) is 0. The first kappa shape index (κ1) is 12.3. The molecule has 0 spiro atoms. The van der Waals surface area contributed by atoms with Gasteiger partial charge in [-0.3, -0.25) is 0 Å². The summed E-state index contributed by atoms with van der Waals surface area (Å²) in [5, 5.41) is 2.03. The highest BCUT2D eigenvalue weighted by Crippen LogP contribution is 2.35. The summed E-state index contributed by atoms with van der Waals surface area (Å²) in [5.41, 5.74) is 0.691. The van der Waals surface area contributed by atoms with Crippen LogP contribution in [0.2, 0.25) is 0 Å². The lowest BCUT2D eigenvalue weighted by molar-refractivity contribution is 0.607. The van der Waals surface area contributed by atoms with Gasteiger partial charge in [0, 0.05) is 19.7 Å². The summed E-state index contributed by atoms with van der Waals surface area (Å²) >= 11 is 8.62. The third-order valence-electron chi connectivity index (χ3n) is 2.27. The molecule has 0 aliphatic carbocycles. The van der Waals surface area contributed by atoms with Crippen LogP contribution in [0.1, 0.15) is 15.3 Å². The molecule has 0 N–H and O–H groups in total. The van der Waals surface area contributed by atoms with Gasteiger partial charge in [-0.05, 0) is 30.0 Å². The second-order valence-electron chi connectivity index (χ2n) is 3.39. The molecule has 0 amide bonds. The van der Waals surface area contributed by atoms with Crippen LogP contribution in [0, 0.1) is 5.82 Å². The standard InChI is InChI=1S/C12H9Br2FS/c13-9-4-1-5-11(15)12(9)10(14)7-8-3-2-6-16-8/h1-6,10H,7H2. The van der Waals surface area contributed by atoms with Gasteiger partial charge in [0.15, 0.2) is 0 Å². The van der Waals surface area contributed by atoms with Crippen LogP contribution in [-0.4, -0.2) is 0 Å². The van der Waals surface area contributed by atoms with E-state index in [0.29, 0.717) is 5.56 Å². The van der Waals surface area contributed by atoms with E-state index in [1.807, 2.05) is 17.5 Å². The largest absolute Gasteiger partial charge is 0.207 e. The Bertz CT molecular complexity index is 448. The third-order valence-corrected chi connectivity index (χ3v) is 4.65. The molecule has 1 heterocycles. The van der Waals surface area contributed by atoms with Crippen molar-refractivity contribution in [2.24, 2.45) is 0 Å². The van der Waals surface area contributed by atoms with E-state index in [4.69, 9.17) is 0 Å².